The van der Waals surface area contributed by atoms with Crippen molar-refractivity contribution in [2.45, 2.75) is 96.0 Å². The molecule has 0 aromatic heterocycles. The van der Waals surface area contributed by atoms with Crippen molar-refractivity contribution in [3.8, 4) is 5.75 Å². The fourth-order valence-corrected chi connectivity index (χ4v) is 5.35. The van der Waals surface area contributed by atoms with Crippen molar-refractivity contribution < 1.29 is 13.2 Å². The number of nitrogens with one attached hydrogen (secondary N) is 2. The number of rotatable bonds is 9. The molecule has 1 aromatic rings. The van der Waals surface area contributed by atoms with Gasteiger partial charge in [-0.3, -0.25) is 0 Å². The SMILES string of the molecule is CCc1cc(NC[C@H]2CC[C@H](NS(=O)(=O)C(C)C)CC2)ccc1OC1CCCC1. The Kier molecular flexibility index (Phi) is 7.85. The van der Waals surface area contributed by atoms with Crippen LogP contribution in [-0.4, -0.2) is 32.4 Å². The molecule has 2 aliphatic carbocycles. The lowest BCUT2D eigenvalue weighted by Crippen LogP contribution is -2.41. The first-order valence-corrected chi connectivity index (χ1v) is 13.0. The normalized spacial score (nSPS) is 23.4. The molecule has 29 heavy (non-hydrogen) atoms. The quantitative estimate of drug-likeness (QED) is 0.596. The zero-order valence-corrected chi connectivity index (χ0v) is 19.1. The van der Waals surface area contributed by atoms with Crippen molar-refractivity contribution in [3.05, 3.63) is 23.8 Å². The highest BCUT2D eigenvalue weighted by atomic mass is 32.2. The van der Waals surface area contributed by atoms with Crippen molar-refractivity contribution in [1.29, 1.82) is 0 Å². The molecule has 0 bridgehead atoms. The van der Waals surface area contributed by atoms with Crippen LogP contribution in [0.15, 0.2) is 18.2 Å². The van der Waals surface area contributed by atoms with Gasteiger partial charge in [0.1, 0.15) is 5.75 Å². The van der Waals surface area contributed by atoms with Crippen LogP contribution in [0.3, 0.4) is 0 Å². The van der Waals surface area contributed by atoms with Gasteiger partial charge >= 0.3 is 0 Å². The van der Waals surface area contributed by atoms with Gasteiger partial charge in [0, 0.05) is 18.3 Å². The van der Waals surface area contributed by atoms with Crippen LogP contribution in [0.1, 0.15) is 77.7 Å². The molecule has 0 heterocycles. The van der Waals surface area contributed by atoms with E-state index in [9.17, 15) is 8.42 Å². The van der Waals surface area contributed by atoms with Gasteiger partial charge in [0.05, 0.1) is 11.4 Å². The Hall–Kier alpha value is -1.27. The molecule has 1 aromatic carbocycles. The van der Waals surface area contributed by atoms with Gasteiger partial charge in [0.2, 0.25) is 10.0 Å². The number of benzene rings is 1. The van der Waals surface area contributed by atoms with Crippen molar-refractivity contribution in [2.24, 2.45) is 5.92 Å². The van der Waals surface area contributed by atoms with Crippen LogP contribution < -0.4 is 14.8 Å². The van der Waals surface area contributed by atoms with E-state index >= 15 is 0 Å². The summed E-state index contributed by atoms with van der Waals surface area (Å²) in [5.41, 5.74) is 2.43. The van der Waals surface area contributed by atoms with Gasteiger partial charge in [-0.2, -0.15) is 0 Å². The van der Waals surface area contributed by atoms with Crippen molar-refractivity contribution in [1.82, 2.24) is 4.72 Å². The third-order valence-corrected chi connectivity index (χ3v) is 8.33. The number of ether oxygens (including phenoxy) is 1. The maximum Gasteiger partial charge on any atom is 0.214 e. The minimum absolute atomic E-state index is 0.0948. The molecule has 2 saturated carbocycles. The molecule has 0 unspecified atom stereocenters. The second-order valence-corrected chi connectivity index (χ2v) is 11.3. The summed E-state index contributed by atoms with van der Waals surface area (Å²) in [7, 11) is -3.17. The molecule has 3 rings (SSSR count). The van der Waals surface area contributed by atoms with E-state index in [0.29, 0.717) is 12.0 Å². The Labute approximate surface area is 177 Å². The predicted molar refractivity (Wildman–Crippen MR) is 120 cm³/mol. The van der Waals surface area contributed by atoms with Crippen LogP contribution in [-0.2, 0) is 16.4 Å². The monoisotopic (exact) mass is 422 g/mol. The maximum atomic E-state index is 12.1. The van der Waals surface area contributed by atoms with E-state index in [1.54, 1.807) is 13.8 Å². The van der Waals surface area contributed by atoms with Gasteiger partial charge in [0.25, 0.3) is 0 Å². The number of hydrogen-bond acceptors (Lipinski definition) is 4. The Balaban J connectivity index is 1.46. The first-order valence-electron chi connectivity index (χ1n) is 11.4. The minimum Gasteiger partial charge on any atom is -0.490 e. The summed E-state index contributed by atoms with van der Waals surface area (Å²) in [5, 5.41) is 3.23. The second-order valence-electron chi connectivity index (χ2n) is 9.01. The molecule has 0 aliphatic heterocycles. The van der Waals surface area contributed by atoms with E-state index in [1.165, 1.54) is 31.2 Å². The minimum atomic E-state index is -3.17. The molecule has 0 atom stereocenters. The van der Waals surface area contributed by atoms with Crippen molar-refractivity contribution >= 4 is 15.7 Å². The van der Waals surface area contributed by atoms with Crippen molar-refractivity contribution in [3.63, 3.8) is 0 Å². The molecule has 0 spiro atoms. The first kappa shape index (κ1) is 22.4. The van der Waals surface area contributed by atoms with Crippen molar-refractivity contribution in [2.75, 3.05) is 11.9 Å². The molecule has 2 N–H and O–H groups in total. The highest BCUT2D eigenvalue weighted by Gasteiger charge is 2.26. The lowest BCUT2D eigenvalue weighted by atomic mass is 9.86. The fourth-order valence-electron chi connectivity index (χ4n) is 4.38. The molecule has 2 fully saturated rings. The lowest BCUT2D eigenvalue weighted by Gasteiger charge is -2.30. The van der Waals surface area contributed by atoms with Gasteiger partial charge < -0.3 is 10.1 Å². The summed E-state index contributed by atoms with van der Waals surface area (Å²) < 4.78 is 33.2. The van der Waals surface area contributed by atoms with E-state index in [0.717, 1.165) is 50.1 Å². The van der Waals surface area contributed by atoms with Crippen LogP contribution in [0.5, 0.6) is 5.75 Å². The Morgan fingerprint density at radius 1 is 1.07 bits per heavy atom. The van der Waals surface area contributed by atoms with Crippen LogP contribution in [0.25, 0.3) is 0 Å². The highest BCUT2D eigenvalue weighted by molar-refractivity contribution is 7.90. The molecular formula is C23H38N2O3S. The summed E-state index contributed by atoms with van der Waals surface area (Å²) in [4.78, 5) is 0. The van der Waals surface area contributed by atoms with E-state index in [2.05, 4.69) is 35.2 Å². The second kappa shape index (κ2) is 10.2. The Morgan fingerprint density at radius 3 is 2.38 bits per heavy atom. The average molecular weight is 423 g/mol. The largest absolute Gasteiger partial charge is 0.490 e. The molecule has 6 heteroatoms. The van der Waals surface area contributed by atoms with Gasteiger partial charge in [-0.25, -0.2) is 13.1 Å². The Morgan fingerprint density at radius 2 is 1.76 bits per heavy atom. The summed E-state index contributed by atoms with van der Waals surface area (Å²) in [6.45, 7) is 6.58. The van der Waals surface area contributed by atoms with Gasteiger partial charge in [-0.05, 0) is 101 Å². The van der Waals surface area contributed by atoms with Gasteiger partial charge in [0.15, 0.2) is 0 Å². The average Bonchev–Trinajstić information content (AvgIpc) is 3.21. The van der Waals surface area contributed by atoms with E-state index < -0.39 is 10.0 Å². The fraction of sp³-hybridized carbons (Fsp3) is 0.739. The van der Waals surface area contributed by atoms with Crippen LogP contribution in [0.2, 0.25) is 0 Å². The molecular weight excluding hydrogens is 384 g/mol. The lowest BCUT2D eigenvalue weighted by molar-refractivity contribution is 0.208. The topological polar surface area (TPSA) is 67.4 Å². The number of hydrogen-bond donors (Lipinski definition) is 2. The van der Waals surface area contributed by atoms with E-state index in [4.69, 9.17) is 4.74 Å². The first-order chi connectivity index (χ1) is 13.9. The van der Waals surface area contributed by atoms with Crippen LogP contribution in [0, 0.1) is 5.92 Å². The molecule has 0 amide bonds. The smallest absolute Gasteiger partial charge is 0.214 e. The number of anilines is 1. The zero-order chi connectivity index (χ0) is 20.9. The number of aryl methyl sites for hydroxylation is 1. The summed E-state index contributed by atoms with van der Waals surface area (Å²) in [5.74, 6) is 1.64. The van der Waals surface area contributed by atoms with Gasteiger partial charge in [-0.15, -0.1) is 0 Å². The standard InChI is InChI=1S/C23H38N2O3S/c1-4-19-15-21(13-14-23(19)28-22-7-5-6-8-22)24-16-18-9-11-20(12-10-18)25-29(26,27)17(2)3/h13-15,17-18,20,22,24-25H,4-12,16H2,1-3H3/t18-,20-. The van der Waals surface area contributed by atoms with Gasteiger partial charge in [-0.1, -0.05) is 6.92 Å². The predicted octanol–water partition coefficient (Wildman–Crippen LogP) is 4.87. The van der Waals surface area contributed by atoms with Crippen LogP contribution >= 0.6 is 0 Å². The van der Waals surface area contributed by atoms with E-state index in [1.807, 2.05) is 0 Å². The maximum absolute atomic E-state index is 12.1. The molecule has 164 valence electrons. The molecule has 5 nitrogen and oxygen atoms in total. The zero-order valence-electron chi connectivity index (χ0n) is 18.2. The summed E-state index contributed by atoms with van der Waals surface area (Å²) >= 11 is 0. The van der Waals surface area contributed by atoms with Crippen LogP contribution in [0.4, 0.5) is 5.69 Å². The molecule has 0 radical (unpaired) electrons. The highest BCUT2D eigenvalue weighted by Crippen LogP contribution is 2.30. The Bertz CT molecular complexity index is 749. The third-order valence-electron chi connectivity index (χ3n) is 6.43. The summed E-state index contributed by atoms with van der Waals surface area (Å²) in [6.07, 6.45) is 10.3. The molecule has 2 aliphatic rings. The number of sulfonamides is 1. The van der Waals surface area contributed by atoms with E-state index in [-0.39, 0.29) is 11.3 Å². The molecule has 0 saturated heterocycles. The summed E-state index contributed by atoms with van der Waals surface area (Å²) in [6, 6.07) is 6.58. The third kappa shape index (κ3) is 6.35.